The van der Waals surface area contributed by atoms with Gasteiger partial charge in [0.2, 0.25) is 17.6 Å². The maximum absolute atomic E-state index is 11.9. The normalized spacial score (nSPS) is 11.9. The molecule has 0 fully saturated rings. The molecule has 8 nitrogen and oxygen atoms in total. The summed E-state index contributed by atoms with van der Waals surface area (Å²) in [6.45, 7) is 0. The predicted molar refractivity (Wildman–Crippen MR) is 79.5 cm³/mol. The third-order valence-electron chi connectivity index (χ3n) is 2.74. The van der Waals surface area contributed by atoms with E-state index in [1.807, 2.05) is 0 Å². The first-order chi connectivity index (χ1) is 10.4. The molecule has 0 saturated heterocycles. The maximum Gasteiger partial charge on any atom is 0.289 e. The second-order valence-corrected chi connectivity index (χ2v) is 4.71. The summed E-state index contributed by atoms with van der Waals surface area (Å²) in [5, 5.41) is 2.48. The summed E-state index contributed by atoms with van der Waals surface area (Å²) >= 11 is 0. The molecule has 1 heterocycles. The van der Waals surface area contributed by atoms with Crippen molar-refractivity contribution in [2.75, 3.05) is 14.1 Å². The van der Waals surface area contributed by atoms with Crippen LogP contribution in [0.2, 0.25) is 0 Å². The molecule has 1 aromatic heterocycles. The second kappa shape index (κ2) is 8.50. The minimum Gasteiger partial charge on any atom is -0.368 e. The smallest absolute Gasteiger partial charge is 0.289 e. The van der Waals surface area contributed by atoms with E-state index in [0.29, 0.717) is 6.42 Å². The first-order valence-electron chi connectivity index (χ1n) is 6.67. The summed E-state index contributed by atoms with van der Waals surface area (Å²) in [5.41, 5.74) is 5.26. The van der Waals surface area contributed by atoms with Crippen LogP contribution in [0.5, 0.6) is 0 Å². The Bertz CT molecular complexity index is 557. The highest BCUT2D eigenvalue weighted by molar-refractivity contribution is 5.94. The summed E-state index contributed by atoms with van der Waals surface area (Å²) in [6.07, 6.45) is 6.59. The number of aromatic nitrogens is 2. The molecule has 0 aromatic carbocycles. The van der Waals surface area contributed by atoms with Gasteiger partial charge < -0.3 is 16.0 Å². The second-order valence-electron chi connectivity index (χ2n) is 4.71. The molecule has 0 aliphatic rings. The molecule has 1 unspecified atom stereocenters. The van der Waals surface area contributed by atoms with E-state index in [9.17, 15) is 14.4 Å². The zero-order valence-corrected chi connectivity index (χ0v) is 12.5. The molecule has 118 valence electrons. The summed E-state index contributed by atoms with van der Waals surface area (Å²) in [5.74, 6) is -1.42. The Balaban J connectivity index is 2.54. The lowest BCUT2D eigenvalue weighted by molar-refractivity contribution is -0.123. The van der Waals surface area contributed by atoms with E-state index in [1.54, 1.807) is 26.2 Å². The monoisotopic (exact) mass is 305 g/mol. The van der Waals surface area contributed by atoms with Gasteiger partial charge in [0.25, 0.3) is 5.91 Å². The fraction of sp³-hybridized carbons (Fsp3) is 0.357. The number of nitrogens with zero attached hydrogens (tertiary/aromatic N) is 3. The van der Waals surface area contributed by atoms with E-state index >= 15 is 0 Å². The van der Waals surface area contributed by atoms with Crippen molar-refractivity contribution >= 4 is 17.7 Å². The SMILES string of the molecule is CN(C)C(=O)C=CCCC(NC(=O)c1ncccn1)C(N)=O. The number of allylic oxidation sites excluding steroid dienone is 1. The van der Waals surface area contributed by atoms with E-state index < -0.39 is 17.9 Å². The average molecular weight is 305 g/mol. The van der Waals surface area contributed by atoms with Gasteiger partial charge in [-0.1, -0.05) is 6.08 Å². The minimum absolute atomic E-state index is 0.0351. The van der Waals surface area contributed by atoms with Crippen LogP contribution in [0.25, 0.3) is 0 Å². The number of likely N-dealkylation sites (N-methyl/N-ethyl adjacent to an activating group) is 1. The Labute approximate surface area is 128 Å². The number of nitrogens with two attached hydrogens (primary N) is 1. The van der Waals surface area contributed by atoms with Gasteiger partial charge in [0.1, 0.15) is 6.04 Å². The molecule has 0 bridgehead atoms. The largest absolute Gasteiger partial charge is 0.368 e. The Morgan fingerprint density at radius 3 is 2.50 bits per heavy atom. The summed E-state index contributed by atoms with van der Waals surface area (Å²) < 4.78 is 0. The highest BCUT2D eigenvalue weighted by Gasteiger charge is 2.19. The third kappa shape index (κ3) is 5.70. The topological polar surface area (TPSA) is 118 Å². The Kier molecular flexibility index (Phi) is 6.68. The van der Waals surface area contributed by atoms with Gasteiger partial charge in [0.15, 0.2) is 0 Å². The number of carbonyl (C=O) groups is 3. The lowest BCUT2D eigenvalue weighted by atomic mass is 10.1. The van der Waals surface area contributed by atoms with Crippen LogP contribution in [-0.2, 0) is 9.59 Å². The van der Waals surface area contributed by atoms with Crippen LogP contribution >= 0.6 is 0 Å². The van der Waals surface area contributed by atoms with Crippen LogP contribution in [-0.4, -0.2) is 52.7 Å². The molecule has 8 heteroatoms. The predicted octanol–water partition coefficient (Wildman–Crippen LogP) is -0.515. The van der Waals surface area contributed by atoms with Crippen molar-refractivity contribution in [2.24, 2.45) is 5.73 Å². The van der Waals surface area contributed by atoms with Crippen molar-refractivity contribution in [3.63, 3.8) is 0 Å². The van der Waals surface area contributed by atoms with Crippen molar-refractivity contribution < 1.29 is 14.4 Å². The molecular weight excluding hydrogens is 286 g/mol. The number of hydrogen-bond donors (Lipinski definition) is 2. The molecule has 0 spiro atoms. The van der Waals surface area contributed by atoms with Crippen LogP contribution in [0.1, 0.15) is 23.5 Å². The minimum atomic E-state index is -0.851. The fourth-order valence-corrected chi connectivity index (χ4v) is 1.52. The molecule has 0 aliphatic heterocycles. The van der Waals surface area contributed by atoms with Crippen LogP contribution in [0.4, 0.5) is 0 Å². The number of nitrogens with one attached hydrogen (secondary N) is 1. The molecule has 0 aliphatic carbocycles. The van der Waals surface area contributed by atoms with E-state index in [0.717, 1.165) is 0 Å². The van der Waals surface area contributed by atoms with Gasteiger partial charge in [0, 0.05) is 26.5 Å². The van der Waals surface area contributed by atoms with E-state index in [4.69, 9.17) is 5.73 Å². The van der Waals surface area contributed by atoms with Gasteiger partial charge in [-0.05, 0) is 25.0 Å². The highest BCUT2D eigenvalue weighted by Crippen LogP contribution is 2.00. The molecular formula is C14H19N5O3. The standard InChI is InChI=1S/C14H19N5O3/c1-19(2)11(20)7-4-3-6-10(12(15)21)18-14(22)13-16-8-5-9-17-13/h4-5,7-10H,3,6H2,1-2H3,(H2,15,21)(H,18,22). The van der Waals surface area contributed by atoms with Crippen LogP contribution in [0.3, 0.4) is 0 Å². The zero-order valence-electron chi connectivity index (χ0n) is 12.5. The Morgan fingerprint density at radius 2 is 1.95 bits per heavy atom. The van der Waals surface area contributed by atoms with Crippen molar-refractivity contribution in [3.8, 4) is 0 Å². The van der Waals surface area contributed by atoms with Crippen LogP contribution in [0.15, 0.2) is 30.6 Å². The molecule has 1 aromatic rings. The molecule has 3 N–H and O–H groups in total. The van der Waals surface area contributed by atoms with Gasteiger partial charge in [-0.25, -0.2) is 9.97 Å². The number of carbonyl (C=O) groups excluding carboxylic acids is 3. The number of amides is 3. The highest BCUT2D eigenvalue weighted by atomic mass is 16.2. The summed E-state index contributed by atoms with van der Waals surface area (Å²) in [7, 11) is 3.28. The van der Waals surface area contributed by atoms with Gasteiger partial charge >= 0.3 is 0 Å². The van der Waals surface area contributed by atoms with Crippen molar-refractivity contribution in [2.45, 2.75) is 18.9 Å². The quantitative estimate of drug-likeness (QED) is 0.657. The molecule has 22 heavy (non-hydrogen) atoms. The molecule has 0 radical (unpaired) electrons. The van der Waals surface area contributed by atoms with E-state index in [-0.39, 0.29) is 18.2 Å². The van der Waals surface area contributed by atoms with Gasteiger partial charge in [-0.3, -0.25) is 14.4 Å². The summed E-state index contributed by atoms with van der Waals surface area (Å²) in [4.78, 5) is 43.6. The van der Waals surface area contributed by atoms with Crippen LogP contribution in [0, 0.1) is 0 Å². The molecule has 3 amide bonds. The van der Waals surface area contributed by atoms with Gasteiger partial charge in [-0.2, -0.15) is 0 Å². The zero-order chi connectivity index (χ0) is 16.5. The fourth-order valence-electron chi connectivity index (χ4n) is 1.52. The van der Waals surface area contributed by atoms with E-state index in [2.05, 4.69) is 15.3 Å². The Hall–Kier alpha value is -2.77. The van der Waals surface area contributed by atoms with Crippen molar-refractivity contribution in [1.82, 2.24) is 20.2 Å². The average Bonchev–Trinajstić information content (AvgIpc) is 2.50. The van der Waals surface area contributed by atoms with Crippen LogP contribution < -0.4 is 11.1 Å². The maximum atomic E-state index is 11.9. The summed E-state index contributed by atoms with van der Waals surface area (Å²) in [6, 6.07) is 0.727. The van der Waals surface area contributed by atoms with Gasteiger partial charge in [0.05, 0.1) is 0 Å². The lowest BCUT2D eigenvalue weighted by Crippen LogP contribution is -2.44. The number of hydrogen-bond acceptors (Lipinski definition) is 5. The van der Waals surface area contributed by atoms with Crippen molar-refractivity contribution in [1.29, 1.82) is 0 Å². The first-order valence-corrected chi connectivity index (χ1v) is 6.67. The first kappa shape index (κ1) is 17.3. The molecule has 1 rings (SSSR count). The lowest BCUT2D eigenvalue weighted by Gasteiger charge is -2.13. The molecule has 1 atom stereocenters. The van der Waals surface area contributed by atoms with Gasteiger partial charge in [-0.15, -0.1) is 0 Å². The Morgan fingerprint density at radius 1 is 1.32 bits per heavy atom. The third-order valence-corrected chi connectivity index (χ3v) is 2.74. The van der Waals surface area contributed by atoms with Crippen molar-refractivity contribution in [3.05, 3.63) is 36.4 Å². The molecule has 0 saturated carbocycles. The number of primary amides is 1. The van der Waals surface area contributed by atoms with E-state index in [1.165, 1.54) is 23.4 Å². The number of rotatable bonds is 7.